The lowest BCUT2D eigenvalue weighted by Gasteiger charge is -2.19. The smallest absolute Gasteiger partial charge is 0.325 e. The van der Waals surface area contributed by atoms with E-state index >= 15 is 0 Å². The molecule has 1 aromatic carbocycles. The minimum absolute atomic E-state index is 0.161. The standard InChI is InChI=1S/C14H20N2O3S/c1-14(2,3)19-12(17)9-15-13(18)16-10-5-7-11(20-4)8-6-10/h5-8H,9H2,1-4H3,(H2,15,16,18). The van der Waals surface area contributed by atoms with E-state index in [9.17, 15) is 9.59 Å². The van der Waals surface area contributed by atoms with Gasteiger partial charge in [0.15, 0.2) is 0 Å². The van der Waals surface area contributed by atoms with E-state index in [0.29, 0.717) is 5.69 Å². The van der Waals surface area contributed by atoms with Gasteiger partial charge in [-0.25, -0.2) is 4.79 Å². The van der Waals surface area contributed by atoms with Crippen LogP contribution in [-0.4, -0.2) is 30.4 Å². The number of benzene rings is 1. The fraction of sp³-hybridized carbons (Fsp3) is 0.429. The highest BCUT2D eigenvalue weighted by molar-refractivity contribution is 7.98. The van der Waals surface area contributed by atoms with Crippen LogP contribution in [-0.2, 0) is 9.53 Å². The van der Waals surface area contributed by atoms with Crippen molar-refractivity contribution in [2.45, 2.75) is 31.3 Å². The lowest BCUT2D eigenvalue weighted by Crippen LogP contribution is -2.36. The van der Waals surface area contributed by atoms with Crippen molar-refractivity contribution in [3.63, 3.8) is 0 Å². The van der Waals surface area contributed by atoms with Crippen molar-refractivity contribution in [3.8, 4) is 0 Å². The number of anilines is 1. The average molecular weight is 296 g/mol. The molecule has 0 saturated carbocycles. The highest BCUT2D eigenvalue weighted by atomic mass is 32.2. The molecule has 0 aromatic heterocycles. The van der Waals surface area contributed by atoms with E-state index in [1.165, 1.54) is 0 Å². The molecule has 1 rings (SSSR count). The van der Waals surface area contributed by atoms with E-state index < -0.39 is 17.6 Å². The topological polar surface area (TPSA) is 67.4 Å². The summed E-state index contributed by atoms with van der Waals surface area (Å²) < 4.78 is 5.08. The molecular weight excluding hydrogens is 276 g/mol. The van der Waals surface area contributed by atoms with E-state index in [1.807, 2.05) is 18.4 Å². The Morgan fingerprint density at radius 3 is 2.30 bits per heavy atom. The zero-order valence-electron chi connectivity index (χ0n) is 12.1. The van der Waals surface area contributed by atoms with Crippen molar-refractivity contribution >= 4 is 29.4 Å². The Bertz CT molecular complexity index is 466. The number of thioether (sulfide) groups is 1. The molecular formula is C14H20N2O3S. The summed E-state index contributed by atoms with van der Waals surface area (Å²) in [7, 11) is 0. The normalized spacial score (nSPS) is 10.8. The van der Waals surface area contributed by atoms with Gasteiger partial charge in [0.05, 0.1) is 0 Å². The molecule has 110 valence electrons. The van der Waals surface area contributed by atoms with Gasteiger partial charge >= 0.3 is 12.0 Å². The molecule has 2 N–H and O–H groups in total. The Kier molecular flexibility index (Phi) is 5.88. The van der Waals surface area contributed by atoms with Crippen LogP contribution < -0.4 is 10.6 Å². The van der Waals surface area contributed by atoms with Crippen molar-refractivity contribution in [1.29, 1.82) is 0 Å². The summed E-state index contributed by atoms with van der Waals surface area (Å²) in [6, 6.07) is 6.99. The van der Waals surface area contributed by atoms with Crippen LogP contribution in [0.15, 0.2) is 29.2 Å². The van der Waals surface area contributed by atoms with Crippen LogP contribution in [0, 0.1) is 0 Å². The predicted octanol–water partition coefficient (Wildman–Crippen LogP) is 2.87. The van der Waals surface area contributed by atoms with Gasteiger partial charge in [-0.05, 0) is 51.3 Å². The number of amides is 2. The summed E-state index contributed by atoms with van der Waals surface area (Å²) in [6.45, 7) is 5.17. The van der Waals surface area contributed by atoms with Crippen molar-refractivity contribution in [2.24, 2.45) is 0 Å². The highest BCUT2D eigenvalue weighted by Gasteiger charge is 2.16. The van der Waals surface area contributed by atoms with Crippen LogP contribution in [0.25, 0.3) is 0 Å². The quantitative estimate of drug-likeness (QED) is 0.662. The van der Waals surface area contributed by atoms with Gasteiger partial charge in [0.1, 0.15) is 12.1 Å². The third-order valence-electron chi connectivity index (χ3n) is 2.16. The lowest BCUT2D eigenvalue weighted by atomic mass is 10.2. The zero-order chi connectivity index (χ0) is 15.2. The molecule has 5 nitrogen and oxygen atoms in total. The second kappa shape index (κ2) is 7.19. The number of esters is 1. The second-order valence-corrected chi connectivity index (χ2v) is 6.00. The molecule has 0 radical (unpaired) electrons. The van der Waals surface area contributed by atoms with Gasteiger partial charge in [-0.2, -0.15) is 0 Å². The van der Waals surface area contributed by atoms with E-state index in [1.54, 1.807) is 44.7 Å². The molecule has 6 heteroatoms. The molecule has 0 saturated heterocycles. The number of carbonyl (C=O) groups excluding carboxylic acids is 2. The number of hydrogen-bond acceptors (Lipinski definition) is 4. The SMILES string of the molecule is CSc1ccc(NC(=O)NCC(=O)OC(C)(C)C)cc1. The monoisotopic (exact) mass is 296 g/mol. The Hall–Kier alpha value is -1.69. The van der Waals surface area contributed by atoms with Crippen LogP contribution in [0.4, 0.5) is 10.5 Å². The van der Waals surface area contributed by atoms with Crippen molar-refractivity contribution in [1.82, 2.24) is 5.32 Å². The molecule has 0 aliphatic heterocycles. The fourth-order valence-electron chi connectivity index (χ4n) is 1.38. The predicted molar refractivity (Wildman–Crippen MR) is 81.1 cm³/mol. The van der Waals surface area contributed by atoms with Gasteiger partial charge in [-0.1, -0.05) is 0 Å². The Morgan fingerprint density at radius 1 is 1.20 bits per heavy atom. The summed E-state index contributed by atoms with van der Waals surface area (Å²) in [6.07, 6.45) is 1.98. The van der Waals surface area contributed by atoms with Crippen LogP contribution in [0.2, 0.25) is 0 Å². The number of ether oxygens (including phenoxy) is 1. The molecule has 0 bridgehead atoms. The van der Waals surface area contributed by atoms with Crippen LogP contribution >= 0.6 is 11.8 Å². The Balaban J connectivity index is 2.38. The van der Waals surface area contributed by atoms with Crippen molar-refractivity contribution in [2.75, 3.05) is 18.1 Å². The Labute approximate surface area is 123 Å². The third-order valence-corrected chi connectivity index (χ3v) is 2.90. The maximum absolute atomic E-state index is 11.6. The first-order valence-electron chi connectivity index (χ1n) is 6.21. The van der Waals surface area contributed by atoms with Gasteiger partial charge < -0.3 is 15.4 Å². The van der Waals surface area contributed by atoms with Crippen LogP contribution in [0.5, 0.6) is 0 Å². The molecule has 0 unspecified atom stereocenters. The largest absolute Gasteiger partial charge is 0.459 e. The molecule has 0 aliphatic carbocycles. The van der Waals surface area contributed by atoms with E-state index in [2.05, 4.69) is 10.6 Å². The van der Waals surface area contributed by atoms with Gasteiger partial charge in [-0.3, -0.25) is 4.79 Å². The first-order chi connectivity index (χ1) is 9.30. The molecule has 2 amide bonds. The van der Waals surface area contributed by atoms with Crippen LogP contribution in [0.1, 0.15) is 20.8 Å². The molecule has 0 aliphatic rings. The van der Waals surface area contributed by atoms with Crippen molar-refractivity contribution < 1.29 is 14.3 Å². The lowest BCUT2D eigenvalue weighted by molar-refractivity contribution is -0.153. The second-order valence-electron chi connectivity index (χ2n) is 5.12. The number of urea groups is 1. The number of rotatable bonds is 4. The fourth-order valence-corrected chi connectivity index (χ4v) is 1.79. The summed E-state index contributed by atoms with van der Waals surface area (Å²) in [4.78, 5) is 24.1. The maximum atomic E-state index is 11.6. The Morgan fingerprint density at radius 2 is 1.80 bits per heavy atom. The summed E-state index contributed by atoms with van der Waals surface area (Å²) >= 11 is 1.63. The zero-order valence-corrected chi connectivity index (χ0v) is 13.0. The number of nitrogens with one attached hydrogen (secondary N) is 2. The van der Waals surface area contributed by atoms with Gasteiger partial charge in [0.25, 0.3) is 0 Å². The van der Waals surface area contributed by atoms with E-state index in [4.69, 9.17) is 4.74 Å². The highest BCUT2D eigenvalue weighted by Crippen LogP contribution is 2.17. The van der Waals surface area contributed by atoms with E-state index in [-0.39, 0.29) is 6.54 Å². The van der Waals surface area contributed by atoms with E-state index in [0.717, 1.165) is 4.90 Å². The summed E-state index contributed by atoms with van der Waals surface area (Å²) in [5, 5.41) is 5.10. The molecule has 0 fully saturated rings. The van der Waals surface area contributed by atoms with Gasteiger partial charge in [-0.15, -0.1) is 11.8 Å². The first-order valence-corrected chi connectivity index (χ1v) is 7.43. The van der Waals surface area contributed by atoms with Crippen molar-refractivity contribution in [3.05, 3.63) is 24.3 Å². The molecule has 20 heavy (non-hydrogen) atoms. The summed E-state index contributed by atoms with van der Waals surface area (Å²) in [5.41, 5.74) is 0.118. The number of carbonyl (C=O) groups is 2. The molecule has 0 atom stereocenters. The maximum Gasteiger partial charge on any atom is 0.325 e. The average Bonchev–Trinajstić information content (AvgIpc) is 2.35. The van der Waals surface area contributed by atoms with Crippen LogP contribution in [0.3, 0.4) is 0 Å². The minimum Gasteiger partial charge on any atom is -0.459 e. The van der Waals surface area contributed by atoms with Gasteiger partial charge in [0, 0.05) is 10.6 Å². The molecule has 0 heterocycles. The third kappa shape index (κ3) is 6.47. The number of hydrogen-bond donors (Lipinski definition) is 2. The molecule has 1 aromatic rings. The first kappa shape index (κ1) is 16.4. The summed E-state index contributed by atoms with van der Waals surface area (Å²) in [5.74, 6) is -0.467. The minimum atomic E-state index is -0.553. The molecule has 0 spiro atoms. The van der Waals surface area contributed by atoms with Gasteiger partial charge in [0.2, 0.25) is 0 Å².